The van der Waals surface area contributed by atoms with E-state index in [9.17, 15) is 18.0 Å². The molecule has 1 aliphatic heterocycles. The van der Waals surface area contributed by atoms with Crippen LogP contribution in [-0.2, 0) is 11.0 Å². The highest BCUT2D eigenvalue weighted by Crippen LogP contribution is 2.33. The maximum atomic E-state index is 12.8. The summed E-state index contributed by atoms with van der Waals surface area (Å²) in [5, 5.41) is 11.0. The summed E-state index contributed by atoms with van der Waals surface area (Å²) >= 11 is 1.45. The van der Waals surface area contributed by atoms with Crippen LogP contribution in [0.2, 0.25) is 0 Å². The standard InChI is InChI=1S/C12H8F3N3OS/c13-12(14,15)9-3-8(2-1-7(9)4-16)18-11(19)10-5-20-6-17-10/h1-3H,5-6H2,(H,18,19). The van der Waals surface area contributed by atoms with E-state index in [1.807, 2.05) is 0 Å². The molecule has 1 aliphatic rings. The molecule has 1 aromatic rings. The molecule has 1 N–H and O–H groups in total. The van der Waals surface area contributed by atoms with E-state index in [1.54, 1.807) is 0 Å². The van der Waals surface area contributed by atoms with E-state index in [2.05, 4.69) is 10.3 Å². The highest BCUT2D eigenvalue weighted by Gasteiger charge is 2.34. The second kappa shape index (κ2) is 5.54. The number of nitrogens with zero attached hydrogens (tertiary/aromatic N) is 2. The summed E-state index contributed by atoms with van der Waals surface area (Å²) in [7, 11) is 0. The Morgan fingerprint density at radius 2 is 2.20 bits per heavy atom. The lowest BCUT2D eigenvalue weighted by Gasteiger charge is -2.11. The van der Waals surface area contributed by atoms with E-state index < -0.39 is 23.2 Å². The second-order valence-corrected chi connectivity index (χ2v) is 4.86. The van der Waals surface area contributed by atoms with Crippen molar-refractivity contribution in [3.05, 3.63) is 29.3 Å². The van der Waals surface area contributed by atoms with Gasteiger partial charge in [0.2, 0.25) is 0 Å². The van der Waals surface area contributed by atoms with E-state index in [0.29, 0.717) is 17.3 Å². The van der Waals surface area contributed by atoms with Gasteiger partial charge in [-0.05, 0) is 18.2 Å². The van der Waals surface area contributed by atoms with Crippen molar-refractivity contribution in [2.75, 3.05) is 16.9 Å². The SMILES string of the molecule is N#Cc1ccc(NC(=O)C2=NCSC2)cc1C(F)(F)F. The molecule has 20 heavy (non-hydrogen) atoms. The number of hydrogen-bond acceptors (Lipinski definition) is 4. The average molecular weight is 299 g/mol. The van der Waals surface area contributed by atoms with Gasteiger partial charge in [-0.1, -0.05) is 0 Å². The zero-order valence-corrected chi connectivity index (χ0v) is 10.8. The molecule has 0 saturated heterocycles. The first kappa shape index (κ1) is 14.4. The lowest BCUT2D eigenvalue weighted by atomic mass is 10.1. The van der Waals surface area contributed by atoms with Gasteiger partial charge in [-0.25, -0.2) is 0 Å². The number of amides is 1. The molecule has 8 heteroatoms. The molecule has 1 aromatic carbocycles. The van der Waals surface area contributed by atoms with Gasteiger partial charge in [0, 0.05) is 11.4 Å². The number of carbonyl (C=O) groups is 1. The molecule has 4 nitrogen and oxygen atoms in total. The van der Waals surface area contributed by atoms with Gasteiger partial charge in [-0.2, -0.15) is 18.4 Å². The van der Waals surface area contributed by atoms with Crippen LogP contribution < -0.4 is 5.32 Å². The van der Waals surface area contributed by atoms with Crippen LogP contribution in [0.1, 0.15) is 11.1 Å². The van der Waals surface area contributed by atoms with E-state index in [1.165, 1.54) is 23.9 Å². The summed E-state index contributed by atoms with van der Waals surface area (Å²) in [5.74, 6) is 0.394. The third kappa shape index (κ3) is 3.11. The fraction of sp³-hybridized carbons (Fsp3) is 0.250. The lowest BCUT2D eigenvalue weighted by molar-refractivity contribution is -0.137. The lowest BCUT2D eigenvalue weighted by Crippen LogP contribution is -2.23. The number of rotatable bonds is 2. The van der Waals surface area contributed by atoms with Crippen LogP contribution in [0.3, 0.4) is 0 Å². The summed E-state index contributed by atoms with van der Waals surface area (Å²) in [6, 6.07) is 4.52. The molecule has 0 saturated carbocycles. The van der Waals surface area contributed by atoms with Crippen LogP contribution in [0.15, 0.2) is 23.2 Å². The minimum atomic E-state index is -4.65. The zero-order valence-electron chi connectivity index (χ0n) is 9.99. The first-order valence-electron chi connectivity index (χ1n) is 5.45. The molecule has 0 aromatic heterocycles. The molecule has 104 valence electrons. The van der Waals surface area contributed by atoms with Gasteiger partial charge in [0.1, 0.15) is 5.71 Å². The van der Waals surface area contributed by atoms with E-state index in [-0.39, 0.29) is 5.69 Å². The van der Waals surface area contributed by atoms with Crippen LogP contribution in [-0.4, -0.2) is 23.2 Å². The Bertz CT molecular complexity index is 619. The van der Waals surface area contributed by atoms with Gasteiger partial charge in [0.15, 0.2) is 0 Å². The van der Waals surface area contributed by atoms with Crippen LogP contribution in [0.4, 0.5) is 18.9 Å². The number of anilines is 1. The van der Waals surface area contributed by atoms with Gasteiger partial charge in [-0.3, -0.25) is 9.79 Å². The first-order chi connectivity index (χ1) is 9.41. The number of hydrogen-bond donors (Lipinski definition) is 1. The molecule has 0 radical (unpaired) electrons. The Hall–Kier alpha value is -2.01. The number of thioether (sulfide) groups is 1. The monoisotopic (exact) mass is 299 g/mol. The number of nitriles is 1. The van der Waals surface area contributed by atoms with Gasteiger partial charge in [-0.15, -0.1) is 11.8 Å². The Labute approximate surface area is 116 Å². The van der Waals surface area contributed by atoms with Gasteiger partial charge >= 0.3 is 6.18 Å². The van der Waals surface area contributed by atoms with Crippen LogP contribution in [0.25, 0.3) is 0 Å². The third-order valence-electron chi connectivity index (χ3n) is 2.55. The average Bonchev–Trinajstić information content (AvgIpc) is 2.91. The Morgan fingerprint density at radius 3 is 2.75 bits per heavy atom. The number of nitrogens with one attached hydrogen (secondary N) is 1. The molecule has 0 aliphatic carbocycles. The van der Waals surface area contributed by atoms with Gasteiger partial charge in [0.25, 0.3) is 5.91 Å². The van der Waals surface area contributed by atoms with Crippen molar-refractivity contribution in [3.63, 3.8) is 0 Å². The van der Waals surface area contributed by atoms with Crippen LogP contribution >= 0.6 is 11.8 Å². The molecule has 0 atom stereocenters. The largest absolute Gasteiger partial charge is 0.417 e. The molecule has 1 heterocycles. The summed E-state index contributed by atoms with van der Waals surface area (Å²) in [6.07, 6.45) is -4.65. The van der Waals surface area contributed by atoms with Crippen molar-refractivity contribution < 1.29 is 18.0 Å². The molecule has 0 bridgehead atoms. The highest BCUT2D eigenvalue weighted by molar-refractivity contribution is 8.00. The molecule has 0 fully saturated rings. The van der Waals surface area contributed by atoms with Crippen molar-refractivity contribution in [2.45, 2.75) is 6.18 Å². The summed E-state index contributed by atoms with van der Waals surface area (Å²) in [5.41, 5.74) is -1.27. The van der Waals surface area contributed by atoms with Gasteiger partial charge in [0.05, 0.1) is 23.1 Å². The highest BCUT2D eigenvalue weighted by atomic mass is 32.2. The predicted octanol–water partition coefficient (Wildman–Crippen LogP) is 2.66. The summed E-state index contributed by atoms with van der Waals surface area (Å²) < 4.78 is 38.3. The number of alkyl halides is 3. The van der Waals surface area contributed by atoms with Crippen LogP contribution in [0.5, 0.6) is 0 Å². The normalized spacial score (nSPS) is 14.6. The maximum Gasteiger partial charge on any atom is 0.417 e. The molecular weight excluding hydrogens is 291 g/mol. The van der Waals surface area contributed by atoms with E-state index in [4.69, 9.17) is 5.26 Å². The fourth-order valence-electron chi connectivity index (χ4n) is 1.61. The van der Waals surface area contributed by atoms with Crippen molar-refractivity contribution in [2.24, 2.45) is 4.99 Å². The maximum absolute atomic E-state index is 12.8. The van der Waals surface area contributed by atoms with Gasteiger partial charge < -0.3 is 5.32 Å². The molecule has 0 unspecified atom stereocenters. The van der Waals surface area contributed by atoms with Crippen molar-refractivity contribution >= 4 is 29.1 Å². The Balaban J connectivity index is 2.26. The van der Waals surface area contributed by atoms with E-state index in [0.717, 1.165) is 12.1 Å². The molecular formula is C12H8F3N3OS. The van der Waals surface area contributed by atoms with Crippen molar-refractivity contribution in [1.29, 1.82) is 5.26 Å². The minimum absolute atomic E-state index is 0.0130. The van der Waals surface area contributed by atoms with Crippen molar-refractivity contribution in [3.8, 4) is 6.07 Å². The molecule has 2 rings (SSSR count). The zero-order chi connectivity index (χ0) is 14.8. The number of carbonyl (C=O) groups excluding carboxylic acids is 1. The number of aliphatic imine (C=N–C) groups is 1. The number of benzene rings is 1. The van der Waals surface area contributed by atoms with Crippen molar-refractivity contribution in [1.82, 2.24) is 0 Å². The van der Waals surface area contributed by atoms with Crippen LogP contribution in [0, 0.1) is 11.3 Å². The molecule has 1 amide bonds. The Morgan fingerprint density at radius 1 is 1.45 bits per heavy atom. The smallest absolute Gasteiger partial charge is 0.321 e. The quantitative estimate of drug-likeness (QED) is 0.913. The summed E-state index contributed by atoms with van der Waals surface area (Å²) in [6.45, 7) is 0. The Kier molecular flexibility index (Phi) is 3.99. The predicted molar refractivity (Wildman–Crippen MR) is 69.5 cm³/mol. The number of halogens is 3. The topological polar surface area (TPSA) is 65.2 Å². The molecule has 0 spiro atoms. The van der Waals surface area contributed by atoms with E-state index >= 15 is 0 Å². The first-order valence-corrected chi connectivity index (χ1v) is 6.61. The second-order valence-electron chi connectivity index (χ2n) is 3.91. The summed E-state index contributed by atoms with van der Waals surface area (Å²) in [4.78, 5) is 15.7. The third-order valence-corrected chi connectivity index (χ3v) is 3.34. The minimum Gasteiger partial charge on any atom is -0.321 e. The fourth-order valence-corrected chi connectivity index (χ4v) is 2.36.